The third-order valence-electron chi connectivity index (χ3n) is 3.97. The lowest BCUT2D eigenvalue weighted by molar-refractivity contribution is 0.342. The molecule has 2 N–H and O–H groups in total. The molecule has 0 saturated carbocycles. The highest BCUT2D eigenvalue weighted by Gasteiger charge is 2.29. The average Bonchev–Trinajstić information content (AvgIpc) is 2.94. The average molecular weight is 291 g/mol. The Balaban J connectivity index is 2.21. The molecule has 21 heavy (non-hydrogen) atoms. The van der Waals surface area contributed by atoms with Crippen LogP contribution < -0.4 is 5.73 Å². The molecule has 0 aliphatic heterocycles. The lowest BCUT2D eigenvalue weighted by atomic mass is 9.84. The molecule has 2 aromatic rings. The van der Waals surface area contributed by atoms with Crippen LogP contribution in [0.15, 0.2) is 28.8 Å². The van der Waals surface area contributed by atoms with Gasteiger partial charge in [-0.2, -0.15) is 4.98 Å². The summed E-state index contributed by atoms with van der Waals surface area (Å²) >= 11 is 0. The first-order chi connectivity index (χ1) is 9.97. The number of halogens is 1. The first kappa shape index (κ1) is 15.6. The Morgan fingerprint density at radius 2 is 1.95 bits per heavy atom. The highest BCUT2D eigenvalue weighted by molar-refractivity contribution is 5.30. The first-order valence-electron chi connectivity index (χ1n) is 7.26. The molecule has 0 aliphatic carbocycles. The van der Waals surface area contributed by atoms with Gasteiger partial charge in [0.2, 0.25) is 5.89 Å². The Morgan fingerprint density at radius 1 is 1.29 bits per heavy atom. The molecule has 0 aliphatic rings. The highest BCUT2D eigenvalue weighted by Crippen LogP contribution is 2.29. The highest BCUT2D eigenvalue weighted by atomic mass is 19.1. The summed E-state index contributed by atoms with van der Waals surface area (Å²) in [5, 5.41) is 4.09. The third-order valence-corrected chi connectivity index (χ3v) is 3.97. The van der Waals surface area contributed by atoms with Gasteiger partial charge in [0, 0.05) is 6.42 Å². The van der Waals surface area contributed by atoms with Crippen molar-refractivity contribution in [2.24, 2.45) is 11.7 Å². The van der Waals surface area contributed by atoms with Crippen molar-refractivity contribution in [2.45, 2.75) is 39.0 Å². The quantitative estimate of drug-likeness (QED) is 0.888. The van der Waals surface area contributed by atoms with E-state index in [1.807, 2.05) is 13.8 Å². The Kier molecular flexibility index (Phi) is 4.73. The van der Waals surface area contributed by atoms with E-state index in [-0.39, 0.29) is 5.82 Å². The zero-order valence-electron chi connectivity index (χ0n) is 12.8. The summed E-state index contributed by atoms with van der Waals surface area (Å²) < 4.78 is 18.4. The van der Waals surface area contributed by atoms with Gasteiger partial charge in [-0.1, -0.05) is 30.6 Å². The third kappa shape index (κ3) is 3.47. The van der Waals surface area contributed by atoms with E-state index in [1.54, 1.807) is 12.1 Å². The summed E-state index contributed by atoms with van der Waals surface area (Å²) in [6.45, 7) is 6.69. The molecule has 1 unspecified atom stereocenters. The zero-order valence-corrected chi connectivity index (χ0v) is 12.8. The fourth-order valence-corrected chi connectivity index (χ4v) is 2.23. The van der Waals surface area contributed by atoms with Crippen molar-refractivity contribution in [3.8, 4) is 0 Å². The molecule has 4 nitrogen and oxygen atoms in total. The maximum absolute atomic E-state index is 13.0. The van der Waals surface area contributed by atoms with Crippen LogP contribution in [0.1, 0.15) is 44.5 Å². The molecule has 2 rings (SSSR count). The van der Waals surface area contributed by atoms with E-state index in [9.17, 15) is 4.39 Å². The van der Waals surface area contributed by atoms with Crippen LogP contribution in [0.2, 0.25) is 0 Å². The largest absolute Gasteiger partial charge is 0.339 e. The van der Waals surface area contributed by atoms with Gasteiger partial charge in [0.25, 0.3) is 0 Å². The van der Waals surface area contributed by atoms with Crippen LogP contribution in [-0.2, 0) is 11.8 Å². The Morgan fingerprint density at radius 3 is 2.52 bits per heavy atom. The molecule has 0 fully saturated rings. The van der Waals surface area contributed by atoms with Crippen molar-refractivity contribution >= 4 is 0 Å². The fourth-order valence-electron chi connectivity index (χ4n) is 2.23. The Bertz CT molecular complexity index is 573. The van der Waals surface area contributed by atoms with Gasteiger partial charge >= 0.3 is 0 Å². The van der Waals surface area contributed by atoms with Crippen LogP contribution in [0.25, 0.3) is 0 Å². The fraction of sp³-hybridized carbons (Fsp3) is 0.500. The number of hydrogen-bond donors (Lipinski definition) is 1. The van der Waals surface area contributed by atoms with Crippen LogP contribution in [0, 0.1) is 11.7 Å². The molecule has 0 amide bonds. The molecule has 1 aromatic carbocycles. The van der Waals surface area contributed by atoms with Gasteiger partial charge in [-0.15, -0.1) is 0 Å². The summed E-state index contributed by atoms with van der Waals surface area (Å²) in [5.41, 5.74) is 6.22. The summed E-state index contributed by atoms with van der Waals surface area (Å²) in [6.07, 6.45) is 1.68. The van der Waals surface area contributed by atoms with E-state index in [1.165, 1.54) is 12.1 Å². The van der Waals surface area contributed by atoms with Gasteiger partial charge in [0.05, 0.1) is 5.41 Å². The van der Waals surface area contributed by atoms with E-state index in [2.05, 4.69) is 17.1 Å². The maximum Gasteiger partial charge on any atom is 0.227 e. The SMILES string of the molecule is CCC(CN)Cc1nc(C(C)(C)c2ccc(F)cc2)no1. The van der Waals surface area contributed by atoms with Crippen molar-refractivity contribution in [1.29, 1.82) is 0 Å². The lowest BCUT2D eigenvalue weighted by Crippen LogP contribution is -2.21. The molecule has 0 bridgehead atoms. The van der Waals surface area contributed by atoms with Crippen LogP contribution in [0.5, 0.6) is 0 Å². The van der Waals surface area contributed by atoms with Gasteiger partial charge in [-0.25, -0.2) is 4.39 Å². The van der Waals surface area contributed by atoms with Gasteiger partial charge in [-0.05, 0) is 44.0 Å². The molecule has 0 spiro atoms. The van der Waals surface area contributed by atoms with Crippen LogP contribution >= 0.6 is 0 Å². The smallest absolute Gasteiger partial charge is 0.227 e. The number of aromatic nitrogens is 2. The second-order valence-electron chi connectivity index (χ2n) is 5.86. The van der Waals surface area contributed by atoms with Crippen molar-refractivity contribution in [2.75, 3.05) is 6.54 Å². The topological polar surface area (TPSA) is 64.9 Å². The van der Waals surface area contributed by atoms with Gasteiger partial charge in [-0.3, -0.25) is 0 Å². The number of benzene rings is 1. The first-order valence-corrected chi connectivity index (χ1v) is 7.26. The number of nitrogens with zero attached hydrogens (tertiary/aromatic N) is 2. The summed E-state index contributed by atoms with van der Waals surface area (Å²) in [7, 11) is 0. The van der Waals surface area contributed by atoms with E-state index < -0.39 is 5.41 Å². The number of hydrogen-bond acceptors (Lipinski definition) is 4. The second-order valence-corrected chi connectivity index (χ2v) is 5.86. The van der Waals surface area contributed by atoms with Gasteiger partial charge < -0.3 is 10.3 Å². The standard InChI is InChI=1S/C16H22FN3O/c1-4-11(10-18)9-14-19-15(20-21-14)16(2,3)12-5-7-13(17)8-6-12/h5-8,11H,4,9-10,18H2,1-3H3. The minimum Gasteiger partial charge on any atom is -0.339 e. The normalized spacial score (nSPS) is 13.4. The van der Waals surface area contributed by atoms with Crippen molar-refractivity contribution in [3.05, 3.63) is 47.4 Å². The van der Waals surface area contributed by atoms with Crippen molar-refractivity contribution in [1.82, 2.24) is 10.1 Å². The molecule has 0 saturated heterocycles. The molecule has 5 heteroatoms. The molecular formula is C16H22FN3O. The van der Waals surface area contributed by atoms with E-state index >= 15 is 0 Å². The lowest BCUT2D eigenvalue weighted by Gasteiger charge is -2.20. The molecular weight excluding hydrogens is 269 g/mol. The van der Waals surface area contributed by atoms with E-state index in [4.69, 9.17) is 10.3 Å². The van der Waals surface area contributed by atoms with Gasteiger partial charge in [0.15, 0.2) is 5.82 Å². The van der Waals surface area contributed by atoms with Crippen LogP contribution in [-0.4, -0.2) is 16.7 Å². The zero-order chi connectivity index (χ0) is 15.5. The van der Waals surface area contributed by atoms with Gasteiger partial charge in [0.1, 0.15) is 5.82 Å². The number of rotatable bonds is 6. The second kappa shape index (κ2) is 6.35. The minimum absolute atomic E-state index is 0.253. The summed E-state index contributed by atoms with van der Waals surface area (Å²) in [4.78, 5) is 4.49. The predicted octanol–water partition coefficient (Wildman–Crippen LogP) is 3.06. The summed E-state index contributed by atoms with van der Waals surface area (Å²) in [5.74, 6) is 1.32. The summed E-state index contributed by atoms with van der Waals surface area (Å²) in [6, 6.07) is 6.39. The van der Waals surface area contributed by atoms with E-state index in [0.717, 1.165) is 12.0 Å². The van der Waals surface area contributed by atoms with Crippen molar-refractivity contribution in [3.63, 3.8) is 0 Å². The molecule has 114 valence electrons. The van der Waals surface area contributed by atoms with Crippen LogP contribution in [0.4, 0.5) is 4.39 Å². The molecule has 0 radical (unpaired) electrons. The Hall–Kier alpha value is -1.75. The van der Waals surface area contributed by atoms with Crippen LogP contribution in [0.3, 0.4) is 0 Å². The molecule has 1 atom stereocenters. The van der Waals surface area contributed by atoms with E-state index in [0.29, 0.717) is 30.6 Å². The number of nitrogens with two attached hydrogens (primary N) is 1. The minimum atomic E-state index is -0.431. The molecule has 1 aromatic heterocycles. The molecule has 1 heterocycles. The monoisotopic (exact) mass is 291 g/mol. The predicted molar refractivity (Wildman–Crippen MR) is 79.4 cm³/mol. The van der Waals surface area contributed by atoms with Crippen molar-refractivity contribution < 1.29 is 8.91 Å². The maximum atomic E-state index is 13.0. The Labute approximate surface area is 124 Å².